The maximum Gasteiger partial charge on any atom is 0.122 e. The lowest BCUT2D eigenvalue weighted by Crippen LogP contribution is -2.25. The fourth-order valence-corrected chi connectivity index (χ4v) is 1.96. The van der Waals surface area contributed by atoms with Crippen LogP contribution in [0.3, 0.4) is 0 Å². The van der Waals surface area contributed by atoms with Gasteiger partial charge in [-0.2, -0.15) is 0 Å². The van der Waals surface area contributed by atoms with Crippen LogP contribution in [-0.4, -0.2) is 13.7 Å². The molecular formula is C13H21NO. The molecular weight excluding hydrogens is 186 g/mol. The molecule has 0 saturated heterocycles. The molecule has 1 atom stereocenters. The molecule has 0 amide bonds. The van der Waals surface area contributed by atoms with Gasteiger partial charge in [0.2, 0.25) is 0 Å². The molecule has 0 bridgehead atoms. The standard InChI is InChI=1S/C13H21NO/c1-4-13(2,9-10-14)11-7-5-6-8-12(11)15-3/h5-8H,4,9-10,14H2,1-3H3. The van der Waals surface area contributed by atoms with Gasteiger partial charge in [-0.05, 0) is 30.9 Å². The van der Waals surface area contributed by atoms with Crippen LogP contribution in [0.25, 0.3) is 0 Å². The van der Waals surface area contributed by atoms with Crippen molar-refractivity contribution in [1.82, 2.24) is 0 Å². The molecule has 1 rings (SSSR count). The molecule has 0 aliphatic carbocycles. The van der Waals surface area contributed by atoms with Gasteiger partial charge in [0.1, 0.15) is 5.75 Å². The van der Waals surface area contributed by atoms with E-state index in [-0.39, 0.29) is 5.41 Å². The second-order valence-electron chi connectivity index (χ2n) is 4.15. The molecule has 0 fully saturated rings. The van der Waals surface area contributed by atoms with Gasteiger partial charge >= 0.3 is 0 Å². The number of rotatable bonds is 5. The number of benzene rings is 1. The minimum Gasteiger partial charge on any atom is -0.496 e. The number of ether oxygens (including phenoxy) is 1. The Morgan fingerprint density at radius 2 is 2.00 bits per heavy atom. The van der Waals surface area contributed by atoms with Crippen molar-refractivity contribution in [2.75, 3.05) is 13.7 Å². The highest BCUT2D eigenvalue weighted by Gasteiger charge is 2.26. The fourth-order valence-electron chi connectivity index (χ4n) is 1.96. The zero-order chi connectivity index (χ0) is 11.3. The van der Waals surface area contributed by atoms with Gasteiger partial charge in [-0.3, -0.25) is 0 Å². The van der Waals surface area contributed by atoms with Crippen molar-refractivity contribution in [2.24, 2.45) is 5.73 Å². The molecule has 2 nitrogen and oxygen atoms in total. The SMILES string of the molecule is CCC(C)(CCN)c1ccccc1OC. The van der Waals surface area contributed by atoms with E-state index in [4.69, 9.17) is 10.5 Å². The number of nitrogens with two attached hydrogens (primary N) is 1. The monoisotopic (exact) mass is 207 g/mol. The van der Waals surface area contributed by atoms with Crippen LogP contribution in [0.1, 0.15) is 32.3 Å². The summed E-state index contributed by atoms with van der Waals surface area (Å²) in [5, 5.41) is 0. The predicted molar refractivity (Wildman–Crippen MR) is 64.3 cm³/mol. The van der Waals surface area contributed by atoms with Crippen LogP contribution >= 0.6 is 0 Å². The third-order valence-corrected chi connectivity index (χ3v) is 3.23. The zero-order valence-electron chi connectivity index (χ0n) is 9.92. The van der Waals surface area contributed by atoms with E-state index < -0.39 is 0 Å². The van der Waals surface area contributed by atoms with Crippen LogP contribution in [0.5, 0.6) is 5.75 Å². The Morgan fingerprint density at radius 3 is 2.53 bits per heavy atom. The van der Waals surface area contributed by atoms with Crippen molar-refractivity contribution in [3.63, 3.8) is 0 Å². The second-order valence-corrected chi connectivity index (χ2v) is 4.15. The lowest BCUT2D eigenvalue weighted by Gasteiger charge is -2.29. The summed E-state index contributed by atoms with van der Waals surface area (Å²) >= 11 is 0. The maximum atomic E-state index is 5.68. The van der Waals surface area contributed by atoms with Crippen LogP contribution in [0, 0.1) is 0 Å². The third kappa shape index (κ3) is 2.51. The first kappa shape index (κ1) is 12.1. The smallest absolute Gasteiger partial charge is 0.122 e. The van der Waals surface area contributed by atoms with Gasteiger partial charge < -0.3 is 10.5 Å². The minimum atomic E-state index is 0.126. The molecule has 2 N–H and O–H groups in total. The van der Waals surface area contributed by atoms with Crippen molar-refractivity contribution in [3.8, 4) is 5.75 Å². The van der Waals surface area contributed by atoms with Crippen LogP contribution < -0.4 is 10.5 Å². The average Bonchev–Trinajstić information content (AvgIpc) is 2.29. The molecule has 1 aromatic carbocycles. The van der Waals surface area contributed by atoms with Gasteiger partial charge in [0.25, 0.3) is 0 Å². The Kier molecular flexibility index (Phi) is 4.15. The highest BCUT2D eigenvalue weighted by Crippen LogP contribution is 2.36. The molecule has 0 aliphatic heterocycles. The van der Waals surface area contributed by atoms with Gasteiger partial charge in [-0.15, -0.1) is 0 Å². The Morgan fingerprint density at radius 1 is 1.33 bits per heavy atom. The van der Waals surface area contributed by atoms with Gasteiger partial charge in [-0.25, -0.2) is 0 Å². The predicted octanol–water partition coefficient (Wildman–Crippen LogP) is 2.71. The molecule has 0 aromatic heterocycles. The first-order valence-corrected chi connectivity index (χ1v) is 5.51. The lowest BCUT2D eigenvalue weighted by molar-refractivity contribution is 0.369. The number of hydrogen-bond acceptors (Lipinski definition) is 2. The second kappa shape index (κ2) is 5.17. The summed E-state index contributed by atoms with van der Waals surface area (Å²) in [6, 6.07) is 8.21. The normalized spacial score (nSPS) is 14.7. The number of para-hydroxylation sites is 1. The van der Waals surface area contributed by atoms with E-state index in [0.717, 1.165) is 18.6 Å². The lowest BCUT2D eigenvalue weighted by atomic mass is 9.77. The van der Waals surface area contributed by atoms with Crippen molar-refractivity contribution in [1.29, 1.82) is 0 Å². The summed E-state index contributed by atoms with van der Waals surface area (Å²) in [5.74, 6) is 0.968. The molecule has 0 radical (unpaired) electrons. The van der Waals surface area contributed by atoms with Crippen molar-refractivity contribution >= 4 is 0 Å². The van der Waals surface area contributed by atoms with E-state index in [1.54, 1.807) is 7.11 Å². The molecule has 84 valence electrons. The molecule has 1 aromatic rings. The highest BCUT2D eigenvalue weighted by atomic mass is 16.5. The molecule has 0 aliphatic rings. The van der Waals surface area contributed by atoms with E-state index in [9.17, 15) is 0 Å². The number of methoxy groups -OCH3 is 1. The topological polar surface area (TPSA) is 35.2 Å². The average molecular weight is 207 g/mol. The van der Waals surface area contributed by atoms with Gasteiger partial charge in [0, 0.05) is 5.56 Å². The first-order chi connectivity index (χ1) is 7.18. The van der Waals surface area contributed by atoms with E-state index >= 15 is 0 Å². The Labute approximate surface area is 92.4 Å². The molecule has 1 unspecified atom stereocenters. The summed E-state index contributed by atoms with van der Waals surface area (Å²) in [7, 11) is 1.72. The van der Waals surface area contributed by atoms with Crippen molar-refractivity contribution in [3.05, 3.63) is 29.8 Å². The van der Waals surface area contributed by atoms with Crippen LogP contribution in [0.4, 0.5) is 0 Å². The van der Waals surface area contributed by atoms with E-state index in [0.29, 0.717) is 6.54 Å². The van der Waals surface area contributed by atoms with Crippen molar-refractivity contribution < 1.29 is 4.74 Å². The zero-order valence-corrected chi connectivity index (χ0v) is 9.92. The van der Waals surface area contributed by atoms with Crippen LogP contribution in [0.2, 0.25) is 0 Å². The van der Waals surface area contributed by atoms with Crippen LogP contribution in [0.15, 0.2) is 24.3 Å². The molecule has 0 heterocycles. The Bertz CT molecular complexity index is 311. The van der Waals surface area contributed by atoms with E-state index in [1.165, 1.54) is 5.56 Å². The highest BCUT2D eigenvalue weighted by molar-refractivity contribution is 5.39. The van der Waals surface area contributed by atoms with Gasteiger partial charge in [0.05, 0.1) is 7.11 Å². The van der Waals surface area contributed by atoms with Crippen molar-refractivity contribution in [2.45, 2.75) is 32.1 Å². The summed E-state index contributed by atoms with van der Waals surface area (Å²) in [6.45, 7) is 5.15. The molecule has 2 heteroatoms. The maximum absolute atomic E-state index is 5.68. The Balaban J connectivity index is 3.10. The first-order valence-electron chi connectivity index (χ1n) is 5.51. The van der Waals surface area contributed by atoms with Gasteiger partial charge in [0.15, 0.2) is 0 Å². The number of hydrogen-bond donors (Lipinski definition) is 1. The van der Waals surface area contributed by atoms with Crippen LogP contribution in [-0.2, 0) is 5.41 Å². The summed E-state index contributed by atoms with van der Waals surface area (Å²) in [4.78, 5) is 0. The molecule has 0 saturated carbocycles. The fraction of sp³-hybridized carbons (Fsp3) is 0.538. The summed E-state index contributed by atoms with van der Waals surface area (Å²) < 4.78 is 5.40. The molecule has 15 heavy (non-hydrogen) atoms. The summed E-state index contributed by atoms with van der Waals surface area (Å²) in [5.41, 5.74) is 7.07. The van der Waals surface area contributed by atoms with E-state index in [2.05, 4.69) is 26.0 Å². The largest absolute Gasteiger partial charge is 0.496 e. The third-order valence-electron chi connectivity index (χ3n) is 3.23. The molecule has 0 spiro atoms. The quantitative estimate of drug-likeness (QED) is 0.805. The Hall–Kier alpha value is -1.02. The summed E-state index contributed by atoms with van der Waals surface area (Å²) in [6.07, 6.45) is 2.06. The van der Waals surface area contributed by atoms with Gasteiger partial charge in [-0.1, -0.05) is 32.0 Å². The minimum absolute atomic E-state index is 0.126. The van der Waals surface area contributed by atoms with E-state index in [1.807, 2.05) is 12.1 Å².